The normalized spacial score (nSPS) is 11.3. The molecule has 0 aliphatic carbocycles. The lowest BCUT2D eigenvalue weighted by atomic mass is 10.3. The molecule has 20 heavy (non-hydrogen) atoms. The Morgan fingerprint density at radius 1 is 1.25 bits per heavy atom. The molecule has 2 rings (SSSR count). The van der Waals surface area contributed by atoms with Crippen molar-refractivity contribution >= 4 is 33.0 Å². The number of nitrogens with one attached hydrogen (secondary N) is 1. The SMILES string of the molecule is CCS(=O)(=O)c1ccc(NC(=O)c2ccoc2Cl)cc1. The van der Waals surface area contributed by atoms with Crippen LogP contribution in [0.5, 0.6) is 0 Å². The lowest BCUT2D eigenvalue weighted by Gasteiger charge is -2.05. The summed E-state index contributed by atoms with van der Waals surface area (Å²) in [6, 6.07) is 7.40. The fourth-order valence-corrected chi connectivity index (χ4v) is 2.65. The maximum atomic E-state index is 11.9. The van der Waals surface area contributed by atoms with E-state index in [-0.39, 0.29) is 21.4 Å². The van der Waals surface area contributed by atoms with Crippen LogP contribution in [0.25, 0.3) is 0 Å². The second kappa shape index (κ2) is 5.68. The highest BCUT2D eigenvalue weighted by Crippen LogP contribution is 2.20. The Balaban J connectivity index is 2.16. The van der Waals surface area contributed by atoms with Crippen molar-refractivity contribution in [3.8, 4) is 0 Å². The van der Waals surface area contributed by atoms with Crippen LogP contribution in [0.15, 0.2) is 45.9 Å². The van der Waals surface area contributed by atoms with Gasteiger partial charge in [-0.1, -0.05) is 6.92 Å². The van der Waals surface area contributed by atoms with Crippen LogP contribution in [0.2, 0.25) is 5.22 Å². The van der Waals surface area contributed by atoms with Gasteiger partial charge in [-0.15, -0.1) is 0 Å². The summed E-state index contributed by atoms with van der Waals surface area (Å²) in [5.74, 6) is -0.390. The van der Waals surface area contributed by atoms with E-state index in [4.69, 9.17) is 16.0 Å². The molecule has 1 aromatic carbocycles. The van der Waals surface area contributed by atoms with Gasteiger partial charge in [-0.25, -0.2) is 8.42 Å². The van der Waals surface area contributed by atoms with Crippen molar-refractivity contribution in [1.29, 1.82) is 0 Å². The van der Waals surface area contributed by atoms with E-state index in [1.54, 1.807) is 6.92 Å². The minimum Gasteiger partial charge on any atom is -0.452 e. The van der Waals surface area contributed by atoms with Crippen molar-refractivity contribution in [2.24, 2.45) is 0 Å². The first-order valence-corrected chi connectivity index (χ1v) is 7.84. The summed E-state index contributed by atoms with van der Waals surface area (Å²) < 4.78 is 28.1. The summed E-state index contributed by atoms with van der Waals surface area (Å²) in [7, 11) is -3.24. The minimum atomic E-state index is -3.24. The van der Waals surface area contributed by atoms with E-state index in [1.165, 1.54) is 36.6 Å². The summed E-state index contributed by atoms with van der Waals surface area (Å²) >= 11 is 5.70. The van der Waals surface area contributed by atoms with Gasteiger partial charge in [0.1, 0.15) is 0 Å². The van der Waals surface area contributed by atoms with Crippen molar-refractivity contribution in [1.82, 2.24) is 0 Å². The number of amides is 1. The van der Waals surface area contributed by atoms with Gasteiger partial charge < -0.3 is 9.73 Å². The largest absolute Gasteiger partial charge is 0.452 e. The van der Waals surface area contributed by atoms with Crippen LogP contribution >= 0.6 is 11.6 Å². The highest BCUT2D eigenvalue weighted by atomic mass is 35.5. The molecule has 106 valence electrons. The molecule has 0 aliphatic heterocycles. The number of hydrogen-bond acceptors (Lipinski definition) is 4. The molecule has 0 saturated carbocycles. The molecule has 0 spiro atoms. The van der Waals surface area contributed by atoms with E-state index in [1.807, 2.05) is 0 Å². The third-order valence-corrected chi connectivity index (χ3v) is 4.76. The molecule has 5 nitrogen and oxygen atoms in total. The first-order chi connectivity index (χ1) is 9.44. The first-order valence-electron chi connectivity index (χ1n) is 5.81. The number of carbonyl (C=O) groups excluding carboxylic acids is 1. The third kappa shape index (κ3) is 3.02. The summed E-state index contributed by atoms with van der Waals surface area (Å²) in [4.78, 5) is 12.1. The molecule has 1 N–H and O–H groups in total. The van der Waals surface area contributed by atoms with Gasteiger partial charge in [0, 0.05) is 5.69 Å². The number of sulfone groups is 1. The lowest BCUT2D eigenvalue weighted by molar-refractivity contribution is 0.102. The van der Waals surface area contributed by atoms with Crippen LogP contribution in [0, 0.1) is 0 Å². The number of rotatable bonds is 4. The minimum absolute atomic E-state index is 0.00711. The molecule has 0 fully saturated rings. The predicted octanol–water partition coefficient (Wildman–Crippen LogP) is 2.98. The maximum Gasteiger partial charge on any atom is 0.260 e. The zero-order chi connectivity index (χ0) is 14.8. The van der Waals surface area contributed by atoms with Crippen molar-refractivity contribution in [2.75, 3.05) is 11.1 Å². The van der Waals surface area contributed by atoms with Crippen molar-refractivity contribution in [3.05, 3.63) is 47.4 Å². The zero-order valence-corrected chi connectivity index (χ0v) is 12.2. The Morgan fingerprint density at radius 3 is 2.40 bits per heavy atom. The molecular formula is C13H12ClNO4S. The number of anilines is 1. The second-order valence-electron chi connectivity index (χ2n) is 3.99. The van der Waals surface area contributed by atoms with Crippen LogP contribution < -0.4 is 5.32 Å². The highest BCUT2D eigenvalue weighted by molar-refractivity contribution is 7.91. The summed E-state index contributed by atoms with van der Waals surface area (Å²) in [6.45, 7) is 1.58. The fraction of sp³-hybridized carbons (Fsp3) is 0.154. The third-order valence-electron chi connectivity index (χ3n) is 2.71. The van der Waals surface area contributed by atoms with Gasteiger partial charge in [0.25, 0.3) is 5.91 Å². The van der Waals surface area contributed by atoms with Gasteiger partial charge in [-0.3, -0.25) is 4.79 Å². The molecular weight excluding hydrogens is 302 g/mol. The van der Waals surface area contributed by atoms with Gasteiger partial charge >= 0.3 is 0 Å². The Bertz CT molecular complexity index is 719. The monoisotopic (exact) mass is 313 g/mol. The fourth-order valence-electron chi connectivity index (χ4n) is 1.57. The van der Waals surface area contributed by atoms with Crippen LogP contribution in [0.3, 0.4) is 0 Å². The molecule has 7 heteroatoms. The molecule has 0 unspecified atom stereocenters. The number of benzene rings is 1. The van der Waals surface area contributed by atoms with Crippen molar-refractivity contribution in [2.45, 2.75) is 11.8 Å². The average molecular weight is 314 g/mol. The van der Waals surface area contributed by atoms with Crippen LogP contribution in [-0.4, -0.2) is 20.1 Å². The summed E-state index contributed by atoms with van der Waals surface area (Å²) in [6.07, 6.45) is 1.31. The van der Waals surface area contributed by atoms with E-state index >= 15 is 0 Å². The van der Waals surface area contributed by atoms with Crippen molar-refractivity contribution < 1.29 is 17.6 Å². The number of hydrogen-bond donors (Lipinski definition) is 1. The standard InChI is InChI=1S/C13H12ClNO4S/c1-2-20(17,18)10-5-3-9(4-6-10)15-13(16)11-7-8-19-12(11)14/h3-8H,2H2,1H3,(H,15,16). The molecule has 1 amide bonds. The van der Waals surface area contributed by atoms with Gasteiger partial charge in [0.15, 0.2) is 9.84 Å². The Kier molecular flexibility index (Phi) is 4.15. The smallest absolute Gasteiger partial charge is 0.260 e. The van der Waals surface area contributed by atoms with Gasteiger partial charge in [0.2, 0.25) is 5.22 Å². The van der Waals surface area contributed by atoms with Crippen LogP contribution in [0.1, 0.15) is 17.3 Å². The Hall–Kier alpha value is -1.79. The molecule has 0 saturated heterocycles. The number of furan rings is 1. The Labute approximate surface area is 121 Å². The topological polar surface area (TPSA) is 76.4 Å². The molecule has 0 radical (unpaired) electrons. The van der Waals surface area contributed by atoms with Gasteiger partial charge in [-0.05, 0) is 41.9 Å². The molecule has 2 aromatic rings. The van der Waals surface area contributed by atoms with Gasteiger partial charge in [0.05, 0.1) is 22.5 Å². The zero-order valence-electron chi connectivity index (χ0n) is 10.6. The van der Waals surface area contributed by atoms with E-state index in [0.29, 0.717) is 5.69 Å². The number of halogens is 1. The van der Waals surface area contributed by atoms with Crippen LogP contribution in [0.4, 0.5) is 5.69 Å². The van der Waals surface area contributed by atoms with Crippen molar-refractivity contribution in [3.63, 3.8) is 0 Å². The molecule has 0 atom stereocenters. The maximum absolute atomic E-state index is 11.9. The predicted molar refractivity (Wildman–Crippen MR) is 75.8 cm³/mol. The van der Waals surface area contributed by atoms with E-state index in [2.05, 4.69) is 5.32 Å². The summed E-state index contributed by atoms with van der Waals surface area (Å²) in [5.41, 5.74) is 0.694. The quantitative estimate of drug-likeness (QED) is 0.941. The van der Waals surface area contributed by atoms with E-state index < -0.39 is 15.7 Å². The average Bonchev–Trinajstić information content (AvgIpc) is 2.85. The van der Waals surface area contributed by atoms with E-state index in [0.717, 1.165) is 0 Å². The molecule has 0 bridgehead atoms. The lowest BCUT2D eigenvalue weighted by Crippen LogP contribution is -2.11. The highest BCUT2D eigenvalue weighted by Gasteiger charge is 2.14. The first kappa shape index (κ1) is 14.6. The second-order valence-corrected chi connectivity index (χ2v) is 6.61. The Morgan fingerprint density at radius 2 is 1.90 bits per heavy atom. The summed E-state index contributed by atoms with van der Waals surface area (Å²) in [5, 5.41) is 2.61. The molecule has 1 aromatic heterocycles. The molecule has 1 heterocycles. The molecule has 0 aliphatic rings. The van der Waals surface area contributed by atoms with Crippen LogP contribution in [-0.2, 0) is 9.84 Å². The van der Waals surface area contributed by atoms with Gasteiger partial charge in [-0.2, -0.15) is 0 Å². The number of carbonyl (C=O) groups is 1. The van der Waals surface area contributed by atoms with E-state index in [9.17, 15) is 13.2 Å².